The third-order valence-electron chi connectivity index (χ3n) is 3.64. The Balaban J connectivity index is 1.43. The number of hydrogen-bond donors (Lipinski definition) is 1. The van der Waals surface area contributed by atoms with Crippen LogP contribution >= 0.6 is 0 Å². The Morgan fingerprint density at radius 2 is 2.12 bits per heavy atom. The smallest absolute Gasteiger partial charge is 0.0619 e. The molecule has 0 aromatic heterocycles. The van der Waals surface area contributed by atoms with E-state index in [0.717, 1.165) is 25.8 Å². The molecule has 0 bridgehead atoms. The van der Waals surface area contributed by atoms with Crippen LogP contribution in [0.2, 0.25) is 0 Å². The molecule has 0 radical (unpaired) electrons. The first-order chi connectivity index (χ1) is 7.86. The van der Waals surface area contributed by atoms with E-state index in [9.17, 15) is 0 Å². The van der Waals surface area contributed by atoms with Crippen molar-refractivity contribution in [3.05, 3.63) is 0 Å². The van der Waals surface area contributed by atoms with Crippen LogP contribution in [0.4, 0.5) is 0 Å². The molecule has 94 valence electrons. The summed E-state index contributed by atoms with van der Waals surface area (Å²) in [6.45, 7) is 7.73. The van der Waals surface area contributed by atoms with Gasteiger partial charge in [0, 0.05) is 18.6 Å². The number of nitrogens with one attached hydrogen (secondary N) is 1. The molecule has 2 rings (SSSR count). The van der Waals surface area contributed by atoms with Crippen molar-refractivity contribution >= 4 is 0 Å². The third kappa shape index (κ3) is 4.40. The molecule has 1 heterocycles. The molecule has 16 heavy (non-hydrogen) atoms. The normalized spacial score (nSPS) is 27.2. The van der Waals surface area contributed by atoms with E-state index in [1.807, 2.05) is 0 Å². The van der Waals surface area contributed by atoms with Crippen LogP contribution in [0.25, 0.3) is 0 Å². The number of morpholine rings is 1. The minimum absolute atomic E-state index is 0.623. The second-order valence-electron chi connectivity index (χ2n) is 5.25. The van der Waals surface area contributed by atoms with Gasteiger partial charge in [-0.25, -0.2) is 0 Å². The molecule has 1 saturated carbocycles. The summed E-state index contributed by atoms with van der Waals surface area (Å²) in [5.41, 5.74) is 0. The maximum Gasteiger partial charge on any atom is 0.0619 e. The van der Waals surface area contributed by atoms with Gasteiger partial charge in [-0.15, -0.1) is 0 Å². The predicted molar refractivity (Wildman–Crippen MR) is 66.7 cm³/mol. The first-order valence-electron chi connectivity index (χ1n) is 6.91. The van der Waals surface area contributed by atoms with Crippen LogP contribution in [-0.4, -0.2) is 49.8 Å². The van der Waals surface area contributed by atoms with Crippen LogP contribution < -0.4 is 5.32 Å². The van der Waals surface area contributed by atoms with E-state index in [2.05, 4.69) is 17.1 Å². The summed E-state index contributed by atoms with van der Waals surface area (Å²) in [7, 11) is 0. The van der Waals surface area contributed by atoms with Gasteiger partial charge in [-0.2, -0.15) is 0 Å². The molecular formula is C13H26N2O. The second-order valence-corrected chi connectivity index (χ2v) is 5.25. The van der Waals surface area contributed by atoms with Crippen molar-refractivity contribution in [2.45, 2.75) is 51.1 Å². The number of rotatable bonds is 7. The topological polar surface area (TPSA) is 24.5 Å². The minimum Gasteiger partial charge on any atom is -0.379 e. The van der Waals surface area contributed by atoms with Crippen molar-refractivity contribution in [2.24, 2.45) is 0 Å². The van der Waals surface area contributed by atoms with Gasteiger partial charge in [-0.1, -0.05) is 6.42 Å². The van der Waals surface area contributed by atoms with E-state index < -0.39 is 0 Å². The highest BCUT2D eigenvalue weighted by Crippen LogP contribution is 2.18. The van der Waals surface area contributed by atoms with E-state index in [1.54, 1.807) is 0 Å². The Kier molecular flexibility index (Phi) is 5.07. The van der Waals surface area contributed by atoms with Gasteiger partial charge in [0.1, 0.15) is 0 Å². The van der Waals surface area contributed by atoms with E-state index >= 15 is 0 Å². The number of ether oxygens (including phenoxy) is 1. The Hall–Kier alpha value is -0.120. The summed E-state index contributed by atoms with van der Waals surface area (Å²) in [4.78, 5) is 2.57. The van der Waals surface area contributed by atoms with E-state index in [4.69, 9.17) is 4.74 Å². The van der Waals surface area contributed by atoms with Gasteiger partial charge >= 0.3 is 0 Å². The second kappa shape index (κ2) is 6.58. The van der Waals surface area contributed by atoms with Crippen LogP contribution in [0, 0.1) is 0 Å². The Labute approximate surface area is 99.5 Å². The summed E-state index contributed by atoms with van der Waals surface area (Å²) in [5.74, 6) is 0. The zero-order valence-corrected chi connectivity index (χ0v) is 10.6. The third-order valence-corrected chi connectivity index (χ3v) is 3.64. The summed E-state index contributed by atoms with van der Waals surface area (Å²) >= 11 is 0. The first kappa shape index (κ1) is 12.3. The Morgan fingerprint density at radius 3 is 2.88 bits per heavy atom. The van der Waals surface area contributed by atoms with Gasteiger partial charge in [0.2, 0.25) is 0 Å². The van der Waals surface area contributed by atoms with Crippen LogP contribution in [-0.2, 0) is 4.74 Å². The zero-order valence-electron chi connectivity index (χ0n) is 10.6. The van der Waals surface area contributed by atoms with Crippen LogP contribution in [0.5, 0.6) is 0 Å². The van der Waals surface area contributed by atoms with Crippen molar-refractivity contribution in [1.29, 1.82) is 0 Å². The molecule has 1 N–H and O–H groups in total. The van der Waals surface area contributed by atoms with E-state index in [0.29, 0.717) is 6.04 Å². The van der Waals surface area contributed by atoms with Gasteiger partial charge in [0.05, 0.1) is 13.2 Å². The molecule has 1 aliphatic carbocycles. The summed E-state index contributed by atoms with van der Waals surface area (Å²) in [6.07, 6.45) is 6.87. The SMILES string of the molecule is CC1COCCN1CCCCCNC1CC1. The molecule has 1 saturated heterocycles. The maximum atomic E-state index is 5.44. The van der Waals surface area contributed by atoms with E-state index in [1.165, 1.54) is 45.2 Å². The highest BCUT2D eigenvalue weighted by Gasteiger charge is 2.19. The fraction of sp³-hybridized carbons (Fsp3) is 1.00. The minimum atomic E-state index is 0.623. The highest BCUT2D eigenvalue weighted by molar-refractivity contribution is 4.80. The van der Waals surface area contributed by atoms with Crippen molar-refractivity contribution < 1.29 is 4.74 Å². The molecular weight excluding hydrogens is 200 g/mol. The molecule has 3 nitrogen and oxygen atoms in total. The molecule has 1 atom stereocenters. The van der Waals surface area contributed by atoms with Gasteiger partial charge in [0.25, 0.3) is 0 Å². The fourth-order valence-corrected chi connectivity index (χ4v) is 2.30. The van der Waals surface area contributed by atoms with Crippen molar-refractivity contribution in [1.82, 2.24) is 10.2 Å². The Bertz CT molecular complexity index is 194. The molecule has 0 amide bonds. The summed E-state index contributed by atoms with van der Waals surface area (Å²) in [5, 5.41) is 3.57. The molecule has 1 aliphatic heterocycles. The first-order valence-corrected chi connectivity index (χ1v) is 6.91. The molecule has 0 aromatic rings. The Morgan fingerprint density at radius 1 is 1.25 bits per heavy atom. The average molecular weight is 226 g/mol. The molecule has 3 heteroatoms. The maximum absolute atomic E-state index is 5.44. The largest absolute Gasteiger partial charge is 0.379 e. The predicted octanol–water partition coefficient (Wildman–Crippen LogP) is 1.63. The van der Waals surface area contributed by atoms with Crippen molar-refractivity contribution in [3.63, 3.8) is 0 Å². The van der Waals surface area contributed by atoms with Gasteiger partial charge in [-0.3, -0.25) is 4.90 Å². The zero-order chi connectivity index (χ0) is 11.2. The van der Waals surface area contributed by atoms with Crippen LogP contribution in [0.1, 0.15) is 39.0 Å². The lowest BCUT2D eigenvalue weighted by Gasteiger charge is -2.33. The molecule has 0 aromatic carbocycles. The standard InChI is InChI=1S/C13H26N2O/c1-12-11-16-10-9-15(12)8-4-2-3-7-14-13-5-6-13/h12-14H,2-11H2,1H3. The lowest BCUT2D eigenvalue weighted by Crippen LogP contribution is -2.43. The van der Waals surface area contributed by atoms with E-state index in [-0.39, 0.29) is 0 Å². The molecule has 1 unspecified atom stereocenters. The van der Waals surface area contributed by atoms with Crippen LogP contribution in [0.15, 0.2) is 0 Å². The molecule has 0 spiro atoms. The van der Waals surface area contributed by atoms with Gasteiger partial charge < -0.3 is 10.1 Å². The summed E-state index contributed by atoms with van der Waals surface area (Å²) in [6, 6.07) is 1.50. The highest BCUT2D eigenvalue weighted by atomic mass is 16.5. The van der Waals surface area contributed by atoms with Gasteiger partial charge in [-0.05, 0) is 45.7 Å². The lowest BCUT2D eigenvalue weighted by atomic mass is 10.2. The van der Waals surface area contributed by atoms with Crippen LogP contribution in [0.3, 0.4) is 0 Å². The summed E-state index contributed by atoms with van der Waals surface area (Å²) < 4.78 is 5.44. The fourth-order valence-electron chi connectivity index (χ4n) is 2.30. The molecule has 2 aliphatic rings. The monoisotopic (exact) mass is 226 g/mol. The lowest BCUT2D eigenvalue weighted by molar-refractivity contribution is -0.000900. The van der Waals surface area contributed by atoms with Crippen molar-refractivity contribution in [3.8, 4) is 0 Å². The van der Waals surface area contributed by atoms with Gasteiger partial charge in [0.15, 0.2) is 0 Å². The molecule has 2 fully saturated rings. The number of unbranched alkanes of at least 4 members (excludes halogenated alkanes) is 2. The quantitative estimate of drug-likeness (QED) is 0.668. The number of nitrogens with zero attached hydrogens (tertiary/aromatic N) is 1. The van der Waals surface area contributed by atoms with Crippen molar-refractivity contribution in [2.75, 3.05) is 32.8 Å². The average Bonchev–Trinajstić information content (AvgIpc) is 3.09. The number of hydrogen-bond acceptors (Lipinski definition) is 3.